The highest BCUT2D eigenvalue weighted by Crippen LogP contribution is 2.38. The largest absolute Gasteiger partial charge is 0.493 e. The summed E-state index contributed by atoms with van der Waals surface area (Å²) in [5.74, 6) is 0.562. The molecule has 2 aromatic rings. The zero-order valence-electron chi connectivity index (χ0n) is 16.5. The lowest BCUT2D eigenvalue weighted by molar-refractivity contribution is -0.123. The van der Waals surface area contributed by atoms with Crippen LogP contribution >= 0.6 is 0 Å². The number of rotatable bonds is 7. The molecule has 2 rings (SSSR count). The van der Waals surface area contributed by atoms with E-state index >= 15 is 0 Å². The molecule has 0 aliphatic carbocycles. The van der Waals surface area contributed by atoms with Gasteiger partial charge in [-0.05, 0) is 49.2 Å². The summed E-state index contributed by atoms with van der Waals surface area (Å²) in [4.78, 5) is 24.3. The van der Waals surface area contributed by atoms with Crippen LogP contribution in [-0.4, -0.2) is 39.8 Å². The lowest BCUT2D eigenvalue weighted by Gasteiger charge is -2.14. The van der Waals surface area contributed by atoms with Gasteiger partial charge in [0.15, 0.2) is 18.1 Å². The maximum Gasteiger partial charge on any atom is 0.276 e. The minimum Gasteiger partial charge on any atom is -0.493 e. The van der Waals surface area contributed by atoms with E-state index in [-0.39, 0.29) is 12.2 Å². The van der Waals surface area contributed by atoms with Crippen molar-refractivity contribution in [2.45, 2.75) is 13.8 Å². The summed E-state index contributed by atoms with van der Waals surface area (Å²) in [5.41, 5.74) is 7.05. The number of aryl methyl sites for hydroxylation is 2. The quantitative estimate of drug-likeness (QED) is 0.706. The highest BCUT2D eigenvalue weighted by molar-refractivity contribution is 5.96. The molecule has 0 aliphatic rings. The fourth-order valence-electron chi connectivity index (χ4n) is 2.40. The first-order valence-electron chi connectivity index (χ1n) is 8.48. The first-order chi connectivity index (χ1) is 13.4. The molecule has 8 heteroatoms. The second-order valence-corrected chi connectivity index (χ2v) is 5.95. The topological polar surface area (TPSA) is 95.1 Å². The Morgan fingerprint density at radius 1 is 0.857 bits per heavy atom. The molecule has 0 radical (unpaired) electrons. The molecule has 8 nitrogen and oxygen atoms in total. The van der Waals surface area contributed by atoms with E-state index in [1.807, 2.05) is 26.0 Å². The molecular weight excluding hydrogens is 364 g/mol. The summed E-state index contributed by atoms with van der Waals surface area (Å²) >= 11 is 0. The van der Waals surface area contributed by atoms with Gasteiger partial charge in [-0.25, -0.2) is 0 Å². The van der Waals surface area contributed by atoms with Crippen LogP contribution < -0.4 is 29.8 Å². The first-order valence-corrected chi connectivity index (χ1v) is 8.48. The Labute approximate surface area is 163 Å². The van der Waals surface area contributed by atoms with Crippen molar-refractivity contribution in [1.82, 2.24) is 10.9 Å². The minimum atomic E-state index is -0.543. The number of carbonyl (C=O) groups is 2. The van der Waals surface area contributed by atoms with Crippen LogP contribution in [0.5, 0.6) is 23.0 Å². The predicted molar refractivity (Wildman–Crippen MR) is 103 cm³/mol. The van der Waals surface area contributed by atoms with E-state index in [0.29, 0.717) is 23.0 Å². The second kappa shape index (κ2) is 9.50. The van der Waals surface area contributed by atoms with Crippen LogP contribution in [0.25, 0.3) is 0 Å². The zero-order valence-corrected chi connectivity index (χ0v) is 16.5. The normalized spacial score (nSPS) is 10.0. The van der Waals surface area contributed by atoms with Gasteiger partial charge in [0.1, 0.15) is 5.75 Å². The number of methoxy groups -OCH3 is 3. The molecule has 2 amide bonds. The highest BCUT2D eigenvalue weighted by Gasteiger charge is 2.17. The fraction of sp³-hybridized carbons (Fsp3) is 0.300. The van der Waals surface area contributed by atoms with Crippen molar-refractivity contribution < 1.29 is 28.5 Å². The molecule has 0 saturated heterocycles. The summed E-state index contributed by atoms with van der Waals surface area (Å²) in [7, 11) is 4.37. The first kappa shape index (κ1) is 20.9. The number of ether oxygens (including phenoxy) is 4. The summed E-state index contributed by atoms with van der Waals surface area (Å²) in [6, 6.07) is 8.50. The molecule has 0 aromatic heterocycles. The number of amides is 2. The Balaban J connectivity index is 1.95. The number of hydrogen-bond acceptors (Lipinski definition) is 6. The molecule has 0 bridgehead atoms. The van der Waals surface area contributed by atoms with E-state index in [2.05, 4.69) is 10.9 Å². The van der Waals surface area contributed by atoms with Crippen molar-refractivity contribution in [1.29, 1.82) is 0 Å². The molecule has 0 aliphatic heterocycles. The summed E-state index contributed by atoms with van der Waals surface area (Å²) < 4.78 is 21.1. The van der Waals surface area contributed by atoms with Gasteiger partial charge in [0.2, 0.25) is 5.75 Å². The van der Waals surface area contributed by atoms with Crippen LogP contribution in [0.1, 0.15) is 21.5 Å². The van der Waals surface area contributed by atoms with Gasteiger partial charge in [0.25, 0.3) is 11.8 Å². The van der Waals surface area contributed by atoms with Crippen molar-refractivity contribution in [2.75, 3.05) is 27.9 Å². The average Bonchev–Trinajstić information content (AvgIpc) is 2.71. The molecule has 2 N–H and O–H groups in total. The monoisotopic (exact) mass is 388 g/mol. The standard InChI is InChI=1S/C20H24N2O6/c1-12-6-7-15(8-13(12)2)28-11-18(23)21-22-20(24)14-9-16(25-3)19(27-5)17(10-14)26-4/h6-10H,11H2,1-5H3,(H,21,23)(H,22,24). The Morgan fingerprint density at radius 3 is 2.04 bits per heavy atom. The third kappa shape index (κ3) is 5.06. The molecule has 0 atom stereocenters. The Kier molecular flexibility index (Phi) is 7.08. The Morgan fingerprint density at radius 2 is 1.50 bits per heavy atom. The van der Waals surface area contributed by atoms with E-state index in [1.165, 1.54) is 33.5 Å². The van der Waals surface area contributed by atoms with Crippen LogP contribution in [0.4, 0.5) is 0 Å². The number of nitrogens with one attached hydrogen (secondary N) is 2. The molecular formula is C20H24N2O6. The third-order valence-corrected chi connectivity index (χ3v) is 4.09. The molecule has 0 unspecified atom stereocenters. The highest BCUT2D eigenvalue weighted by atomic mass is 16.5. The molecule has 28 heavy (non-hydrogen) atoms. The van der Waals surface area contributed by atoms with Gasteiger partial charge in [0, 0.05) is 5.56 Å². The maximum absolute atomic E-state index is 12.3. The van der Waals surface area contributed by atoms with Crippen molar-refractivity contribution >= 4 is 11.8 Å². The van der Waals surface area contributed by atoms with Crippen LogP contribution in [0.3, 0.4) is 0 Å². The second-order valence-electron chi connectivity index (χ2n) is 5.95. The fourth-order valence-corrected chi connectivity index (χ4v) is 2.40. The van der Waals surface area contributed by atoms with Gasteiger partial charge in [-0.2, -0.15) is 0 Å². The van der Waals surface area contributed by atoms with Gasteiger partial charge < -0.3 is 18.9 Å². The molecule has 150 valence electrons. The molecule has 0 heterocycles. The number of benzene rings is 2. The number of carbonyl (C=O) groups excluding carboxylic acids is 2. The van der Waals surface area contributed by atoms with Crippen LogP contribution in [0.2, 0.25) is 0 Å². The summed E-state index contributed by atoms with van der Waals surface area (Å²) in [6.07, 6.45) is 0. The van der Waals surface area contributed by atoms with E-state index in [9.17, 15) is 9.59 Å². The smallest absolute Gasteiger partial charge is 0.276 e. The lowest BCUT2D eigenvalue weighted by Crippen LogP contribution is -2.43. The molecule has 0 spiro atoms. The van der Waals surface area contributed by atoms with Gasteiger partial charge in [0.05, 0.1) is 21.3 Å². The van der Waals surface area contributed by atoms with Crippen molar-refractivity contribution in [2.24, 2.45) is 0 Å². The van der Waals surface area contributed by atoms with E-state index in [0.717, 1.165) is 11.1 Å². The van der Waals surface area contributed by atoms with E-state index in [1.54, 1.807) is 6.07 Å². The van der Waals surface area contributed by atoms with Crippen molar-refractivity contribution in [3.8, 4) is 23.0 Å². The van der Waals surface area contributed by atoms with Gasteiger partial charge in [-0.15, -0.1) is 0 Å². The lowest BCUT2D eigenvalue weighted by atomic mass is 10.1. The van der Waals surface area contributed by atoms with Gasteiger partial charge in [-0.3, -0.25) is 20.4 Å². The van der Waals surface area contributed by atoms with Gasteiger partial charge >= 0.3 is 0 Å². The van der Waals surface area contributed by atoms with Crippen molar-refractivity contribution in [3.05, 3.63) is 47.0 Å². The molecule has 2 aromatic carbocycles. The third-order valence-electron chi connectivity index (χ3n) is 4.09. The Bertz CT molecular complexity index is 841. The van der Waals surface area contributed by atoms with E-state index < -0.39 is 11.8 Å². The SMILES string of the molecule is COc1cc(C(=O)NNC(=O)COc2ccc(C)c(C)c2)cc(OC)c1OC. The average molecular weight is 388 g/mol. The number of hydrazine groups is 1. The summed E-state index contributed by atoms with van der Waals surface area (Å²) in [6.45, 7) is 3.71. The molecule has 0 saturated carbocycles. The van der Waals surface area contributed by atoms with Crippen molar-refractivity contribution in [3.63, 3.8) is 0 Å². The Hall–Kier alpha value is -3.42. The zero-order chi connectivity index (χ0) is 20.7. The van der Waals surface area contributed by atoms with Crippen LogP contribution in [0.15, 0.2) is 30.3 Å². The van der Waals surface area contributed by atoms with Crippen LogP contribution in [0, 0.1) is 13.8 Å². The maximum atomic E-state index is 12.3. The minimum absolute atomic E-state index is 0.227. The van der Waals surface area contributed by atoms with E-state index in [4.69, 9.17) is 18.9 Å². The van der Waals surface area contributed by atoms with Gasteiger partial charge in [-0.1, -0.05) is 6.07 Å². The summed E-state index contributed by atoms with van der Waals surface area (Å²) in [5, 5.41) is 0. The van der Waals surface area contributed by atoms with Crippen LogP contribution in [-0.2, 0) is 4.79 Å². The number of hydrogen-bond donors (Lipinski definition) is 2. The predicted octanol–water partition coefficient (Wildman–Crippen LogP) is 2.17. The molecule has 0 fully saturated rings.